The molecule has 0 bridgehead atoms. The molecule has 0 fully saturated rings. The van der Waals surface area contributed by atoms with Crippen LogP contribution in [-0.4, -0.2) is 23.1 Å². The van der Waals surface area contributed by atoms with Crippen LogP contribution in [0.5, 0.6) is 0 Å². The van der Waals surface area contributed by atoms with E-state index in [1.54, 1.807) is 0 Å². The summed E-state index contributed by atoms with van der Waals surface area (Å²) in [5.74, 6) is 1.49. The molecule has 0 aliphatic rings. The summed E-state index contributed by atoms with van der Waals surface area (Å²) in [6.07, 6.45) is 0. The second-order valence-electron chi connectivity index (χ2n) is 3.25. The third kappa shape index (κ3) is 9.25. The standard InChI is InChI=1S/C7H15.BrH.Mg/c1-6(2)7(3,4)5;;/h1-5H3;1H;/q-1;;+2/p-1. The van der Waals surface area contributed by atoms with Crippen molar-refractivity contribution in [3.8, 4) is 0 Å². The monoisotopic (exact) mass is 202 g/mol. The molecule has 0 saturated heterocycles. The van der Waals surface area contributed by atoms with E-state index < -0.39 is 0 Å². The second kappa shape index (κ2) is 5.99. The molecule has 0 aromatic carbocycles. The molecule has 0 saturated carbocycles. The summed E-state index contributed by atoms with van der Waals surface area (Å²) in [6, 6.07) is 0. The molecule has 0 aliphatic heterocycles. The van der Waals surface area contributed by atoms with E-state index in [0.717, 1.165) is 0 Å². The maximum absolute atomic E-state index is 2.22. The fraction of sp³-hybridized carbons (Fsp3) is 0.857. The van der Waals surface area contributed by atoms with Gasteiger partial charge in [0.15, 0.2) is 0 Å². The fourth-order valence-electron chi connectivity index (χ4n) is 0. The predicted molar refractivity (Wildman–Crippen MR) is 39.8 cm³/mol. The Morgan fingerprint density at radius 2 is 1.11 bits per heavy atom. The van der Waals surface area contributed by atoms with Crippen LogP contribution in [0.25, 0.3) is 0 Å². The van der Waals surface area contributed by atoms with Crippen molar-refractivity contribution in [2.75, 3.05) is 0 Å². The molecule has 9 heavy (non-hydrogen) atoms. The molecule has 0 aromatic rings. The van der Waals surface area contributed by atoms with Gasteiger partial charge in [0.25, 0.3) is 0 Å². The molecule has 0 radical (unpaired) electrons. The van der Waals surface area contributed by atoms with Crippen molar-refractivity contribution in [2.45, 2.75) is 34.6 Å². The van der Waals surface area contributed by atoms with Crippen molar-refractivity contribution in [1.29, 1.82) is 0 Å². The second-order valence-corrected chi connectivity index (χ2v) is 3.25. The third-order valence-corrected chi connectivity index (χ3v) is 1.50. The summed E-state index contributed by atoms with van der Waals surface area (Å²) < 4.78 is 0. The first-order chi connectivity index (χ1) is 2.94. The summed E-state index contributed by atoms with van der Waals surface area (Å²) in [6.45, 7) is 11.0. The van der Waals surface area contributed by atoms with Crippen molar-refractivity contribution in [3.63, 3.8) is 0 Å². The van der Waals surface area contributed by atoms with Gasteiger partial charge in [0.05, 0.1) is 0 Å². The summed E-state index contributed by atoms with van der Waals surface area (Å²) in [5, 5.41) is 0. The van der Waals surface area contributed by atoms with E-state index in [-0.39, 0.29) is 40.0 Å². The zero-order valence-electron chi connectivity index (χ0n) is 7.09. The molecule has 0 atom stereocenters. The largest absolute Gasteiger partial charge is 2.00 e. The minimum absolute atomic E-state index is 0. The Hall–Kier alpha value is 1.25. The maximum atomic E-state index is 2.22. The molecule has 0 N–H and O–H groups in total. The topological polar surface area (TPSA) is 0 Å². The Labute approximate surface area is 85.7 Å². The Morgan fingerprint density at radius 1 is 1.00 bits per heavy atom. The molecular formula is C7H15BrMg. The maximum Gasteiger partial charge on any atom is 2.00 e. The summed E-state index contributed by atoms with van der Waals surface area (Å²) in [7, 11) is 0. The van der Waals surface area contributed by atoms with E-state index in [9.17, 15) is 0 Å². The summed E-state index contributed by atoms with van der Waals surface area (Å²) in [5.41, 5.74) is 0.417. The molecule has 0 spiro atoms. The molecule has 52 valence electrons. The van der Waals surface area contributed by atoms with E-state index in [1.165, 1.54) is 5.92 Å². The predicted octanol–water partition coefficient (Wildman–Crippen LogP) is -0.730. The van der Waals surface area contributed by atoms with Crippen LogP contribution in [0.4, 0.5) is 0 Å². The average Bonchev–Trinajstić information content (AvgIpc) is 1.31. The molecular weight excluding hydrogens is 188 g/mol. The minimum atomic E-state index is 0. The Bertz CT molecular complexity index is 54.4. The van der Waals surface area contributed by atoms with Crippen LogP contribution in [0.2, 0.25) is 0 Å². The SMILES string of the molecule is C[C-](C)C(C)(C)C.[Br-].[Mg+2]. The fourth-order valence-corrected chi connectivity index (χ4v) is 0. The number of halogens is 1. The normalized spacial score (nSPS) is 10.0. The average molecular weight is 203 g/mol. The summed E-state index contributed by atoms with van der Waals surface area (Å²) >= 11 is 0. The van der Waals surface area contributed by atoms with E-state index in [2.05, 4.69) is 34.6 Å². The van der Waals surface area contributed by atoms with Crippen LogP contribution < -0.4 is 17.0 Å². The van der Waals surface area contributed by atoms with Crippen LogP contribution >= 0.6 is 0 Å². The van der Waals surface area contributed by atoms with Gasteiger partial charge in [-0.15, -0.1) is 0 Å². The molecule has 0 rings (SSSR count). The van der Waals surface area contributed by atoms with Gasteiger partial charge in [-0.2, -0.15) is 19.3 Å². The van der Waals surface area contributed by atoms with Gasteiger partial charge >= 0.3 is 23.1 Å². The first kappa shape index (κ1) is 16.7. The smallest absolute Gasteiger partial charge is 1.00 e. The van der Waals surface area contributed by atoms with Crippen molar-refractivity contribution in [2.24, 2.45) is 5.41 Å². The Balaban J connectivity index is -0.000000180. The van der Waals surface area contributed by atoms with Gasteiger partial charge in [0.2, 0.25) is 0 Å². The van der Waals surface area contributed by atoms with Gasteiger partial charge in [-0.1, -0.05) is 20.8 Å². The van der Waals surface area contributed by atoms with Gasteiger partial charge in [-0.25, -0.2) is 0 Å². The van der Waals surface area contributed by atoms with Crippen LogP contribution in [0, 0.1) is 11.3 Å². The van der Waals surface area contributed by atoms with Crippen LogP contribution in [0.1, 0.15) is 34.6 Å². The number of rotatable bonds is 0. The molecule has 0 heterocycles. The summed E-state index contributed by atoms with van der Waals surface area (Å²) in [4.78, 5) is 0. The number of hydrogen-bond donors (Lipinski definition) is 0. The molecule has 0 amide bonds. The van der Waals surface area contributed by atoms with Crippen LogP contribution in [-0.2, 0) is 0 Å². The minimum Gasteiger partial charge on any atom is -1.00 e. The molecule has 0 aromatic heterocycles. The first-order valence-electron chi connectivity index (χ1n) is 2.75. The van der Waals surface area contributed by atoms with Crippen molar-refractivity contribution in [3.05, 3.63) is 5.92 Å². The first-order valence-corrected chi connectivity index (χ1v) is 2.75. The van der Waals surface area contributed by atoms with Crippen LogP contribution in [0.3, 0.4) is 0 Å². The van der Waals surface area contributed by atoms with E-state index in [1.807, 2.05) is 0 Å². The zero-order valence-corrected chi connectivity index (χ0v) is 10.1. The van der Waals surface area contributed by atoms with Crippen molar-refractivity contribution >= 4 is 23.1 Å². The molecule has 0 unspecified atom stereocenters. The van der Waals surface area contributed by atoms with Gasteiger partial charge in [0, 0.05) is 0 Å². The van der Waals surface area contributed by atoms with E-state index >= 15 is 0 Å². The van der Waals surface area contributed by atoms with E-state index in [4.69, 9.17) is 0 Å². The van der Waals surface area contributed by atoms with Gasteiger partial charge < -0.3 is 22.9 Å². The molecule has 2 heteroatoms. The van der Waals surface area contributed by atoms with Gasteiger partial charge in [-0.05, 0) is 0 Å². The van der Waals surface area contributed by atoms with E-state index in [0.29, 0.717) is 5.41 Å². The molecule has 0 nitrogen and oxygen atoms in total. The van der Waals surface area contributed by atoms with Gasteiger partial charge in [-0.3, -0.25) is 0 Å². The molecule has 0 aliphatic carbocycles. The number of hydrogen-bond acceptors (Lipinski definition) is 0. The quantitative estimate of drug-likeness (QED) is 0.360. The van der Waals surface area contributed by atoms with Gasteiger partial charge in [0.1, 0.15) is 0 Å². The zero-order chi connectivity index (χ0) is 6.08. The third-order valence-electron chi connectivity index (χ3n) is 1.50. The Morgan fingerprint density at radius 3 is 1.11 bits per heavy atom. The van der Waals surface area contributed by atoms with Crippen molar-refractivity contribution < 1.29 is 17.0 Å². The Kier molecular flexibility index (Phi) is 11.1. The van der Waals surface area contributed by atoms with Crippen molar-refractivity contribution in [1.82, 2.24) is 0 Å². The van der Waals surface area contributed by atoms with Crippen LogP contribution in [0.15, 0.2) is 0 Å².